The van der Waals surface area contributed by atoms with Gasteiger partial charge in [0.2, 0.25) is 0 Å². The van der Waals surface area contributed by atoms with E-state index >= 15 is 0 Å². The molecular formula is C15H16. The Hall–Kier alpha value is -1.30. The molecule has 0 saturated carbocycles. The zero-order valence-corrected chi connectivity index (χ0v) is 9.16. The first kappa shape index (κ1) is 8.96. The van der Waals surface area contributed by atoms with E-state index in [-0.39, 0.29) is 0 Å². The molecule has 0 atom stereocenters. The molecule has 0 fully saturated rings. The Morgan fingerprint density at radius 2 is 2.00 bits per heavy atom. The summed E-state index contributed by atoms with van der Waals surface area (Å²) in [5.41, 5.74) is 6.33. The van der Waals surface area contributed by atoms with E-state index in [0.29, 0.717) is 5.92 Å². The SMILES string of the molecule is CCCC1=C(c2ccccc2C2C=C2)C1. The molecule has 0 aliphatic heterocycles. The summed E-state index contributed by atoms with van der Waals surface area (Å²) in [6.45, 7) is 2.26. The van der Waals surface area contributed by atoms with Crippen LogP contribution in [0.15, 0.2) is 42.0 Å². The van der Waals surface area contributed by atoms with Crippen molar-refractivity contribution in [3.63, 3.8) is 0 Å². The Kier molecular flexibility index (Phi) is 2.02. The van der Waals surface area contributed by atoms with Gasteiger partial charge in [-0.3, -0.25) is 0 Å². The fourth-order valence-corrected chi connectivity index (χ4v) is 2.32. The molecule has 0 radical (unpaired) electrons. The highest BCUT2D eigenvalue weighted by Gasteiger charge is 2.26. The van der Waals surface area contributed by atoms with Crippen molar-refractivity contribution in [3.05, 3.63) is 53.1 Å². The molecular weight excluding hydrogens is 180 g/mol. The van der Waals surface area contributed by atoms with Crippen molar-refractivity contribution in [3.8, 4) is 0 Å². The smallest absolute Gasteiger partial charge is 0.0205 e. The number of rotatable bonds is 4. The zero-order chi connectivity index (χ0) is 10.3. The third kappa shape index (κ3) is 1.65. The highest BCUT2D eigenvalue weighted by Crippen LogP contribution is 2.46. The van der Waals surface area contributed by atoms with Crippen LogP contribution < -0.4 is 0 Å². The summed E-state index contributed by atoms with van der Waals surface area (Å²) in [4.78, 5) is 0. The van der Waals surface area contributed by atoms with Gasteiger partial charge in [-0.1, -0.05) is 55.3 Å². The molecule has 0 spiro atoms. The van der Waals surface area contributed by atoms with E-state index in [1.165, 1.54) is 30.4 Å². The molecule has 3 rings (SSSR count). The van der Waals surface area contributed by atoms with Crippen LogP contribution >= 0.6 is 0 Å². The monoisotopic (exact) mass is 196 g/mol. The summed E-state index contributed by atoms with van der Waals surface area (Å²) < 4.78 is 0. The Labute approximate surface area is 91.3 Å². The molecule has 0 heteroatoms. The van der Waals surface area contributed by atoms with Crippen LogP contribution in [0.2, 0.25) is 0 Å². The molecule has 0 saturated heterocycles. The molecule has 2 aliphatic rings. The van der Waals surface area contributed by atoms with Gasteiger partial charge in [-0.15, -0.1) is 0 Å². The van der Waals surface area contributed by atoms with Crippen molar-refractivity contribution in [1.29, 1.82) is 0 Å². The first-order valence-electron chi connectivity index (χ1n) is 5.88. The highest BCUT2D eigenvalue weighted by molar-refractivity contribution is 5.84. The lowest BCUT2D eigenvalue weighted by Gasteiger charge is -2.04. The van der Waals surface area contributed by atoms with Gasteiger partial charge in [0.1, 0.15) is 0 Å². The topological polar surface area (TPSA) is 0 Å². The van der Waals surface area contributed by atoms with Gasteiger partial charge >= 0.3 is 0 Å². The van der Waals surface area contributed by atoms with Crippen LogP contribution in [0.5, 0.6) is 0 Å². The predicted molar refractivity (Wildman–Crippen MR) is 64.8 cm³/mol. The molecule has 0 amide bonds. The fraction of sp³-hybridized carbons (Fsp3) is 0.333. The largest absolute Gasteiger partial charge is 0.0763 e. The highest BCUT2D eigenvalue weighted by atomic mass is 14.3. The van der Waals surface area contributed by atoms with Crippen molar-refractivity contribution in [2.24, 2.45) is 0 Å². The van der Waals surface area contributed by atoms with Gasteiger partial charge in [-0.25, -0.2) is 0 Å². The lowest BCUT2D eigenvalue weighted by Crippen LogP contribution is -1.86. The molecule has 0 aromatic heterocycles. The molecule has 0 unspecified atom stereocenters. The third-order valence-corrected chi connectivity index (χ3v) is 3.27. The number of hydrogen-bond donors (Lipinski definition) is 0. The van der Waals surface area contributed by atoms with Gasteiger partial charge in [-0.2, -0.15) is 0 Å². The van der Waals surface area contributed by atoms with Gasteiger partial charge in [0, 0.05) is 5.92 Å². The Morgan fingerprint density at radius 1 is 1.20 bits per heavy atom. The maximum absolute atomic E-state index is 2.29. The predicted octanol–water partition coefficient (Wildman–Crippen LogP) is 4.30. The van der Waals surface area contributed by atoms with E-state index < -0.39 is 0 Å². The molecule has 0 bridgehead atoms. The van der Waals surface area contributed by atoms with Crippen LogP contribution in [-0.4, -0.2) is 0 Å². The minimum atomic E-state index is 0.636. The normalized spacial score (nSPS) is 18.5. The standard InChI is InChI=1S/C15H16/c1-2-5-12-10-15(12)14-7-4-3-6-13(14)11-8-9-11/h3-4,6-9,11H,2,5,10H2,1H3. The minimum Gasteiger partial charge on any atom is -0.0763 e. The van der Waals surface area contributed by atoms with Crippen molar-refractivity contribution < 1.29 is 0 Å². The summed E-state index contributed by atoms with van der Waals surface area (Å²) >= 11 is 0. The van der Waals surface area contributed by atoms with Crippen molar-refractivity contribution in [2.75, 3.05) is 0 Å². The van der Waals surface area contributed by atoms with E-state index in [4.69, 9.17) is 0 Å². The molecule has 0 nitrogen and oxygen atoms in total. The van der Waals surface area contributed by atoms with Crippen molar-refractivity contribution in [2.45, 2.75) is 32.1 Å². The second-order valence-corrected chi connectivity index (χ2v) is 4.51. The van der Waals surface area contributed by atoms with Crippen molar-refractivity contribution >= 4 is 5.57 Å². The number of benzene rings is 1. The Bertz CT molecular complexity index is 443. The summed E-state index contributed by atoms with van der Waals surface area (Å²) in [6.07, 6.45) is 8.39. The summed E-state index contributed by atoms with van der Waals surface area (Å²) in [7, 11) is 0. The molecule has 76 valence electrons. The summed E-state index contributed by atoms with van der Waals surface area (Å²) in [5, 5.41) is 0. The summed E-state index contributed by atoms with van der Waals surface area (Å²) in [5.74, 6) is 0.636. The van der Waals surface area contributed by atoms with Crippen LogP contribution in [0.3, 0.4) is 0 Å². The van der Waals surface area contributed by atoms with Gasteiger partial charge in [0.15, 0.2) is 0 Å². The number of allylic oxidation sites excluding steroid dienone is 4. The molecule has 1 aromatic rings. The first-order valence-corrected chi connectivity index (χ1v) is 5.88. The molecule has 0 N–H and O–H groups in total. The van der Waals surface area contributed by atoms with Crippen LogP contribution in [0, 0.1) is 0 Å². The fourth-order valence-electron chi connectivity index (χ4n) is 2.32. The molecule has 15 heavy (non-hydrogen) atoms. The average Bonchev–Trinajstić information content (AvgIpc) is 3.14. The van der Waals surface area contributed by atoms with Gasteiger partial charge in [-0.05, 0) is 29.5 Å². The second kappa shape index (κ2) is 3.37. The zero-order valence-electron chi connectivity index (χ0n) is 9.16. The maximum atomic E-state index is 2.29. The Balaban J connectivity index is 1.92. The summed E-state index contributed by atoms with van der Waals surface area (Å²) in [6, 6.07) is 8.87. The Morgan fingerprint density at radius 3 is 2.73 bits per heavy atom. The van der Waals surface area contributed by atoms with E-state index in [9.17, 15) is 0 Å². The first-order chi connectivity index (χ1) is 7.40. The van der Waals surface area contributed by atoms with Crippen LogP contribution in [0.4, 0.5) is 0 Å². The van der Waals surface area contributed by atoms with Gasteiger partial charge in [0.05, 0.1) is 0 Å². The maximum Gasteiger partial charge on any atom is 0.0205 e. The molecule has 2 aliphatic carbocycles. The van der Waals surface area contributed by atoms with Crippen LogP contribution in [0.1, 0.15) is 43.2 Å². The van der Waals surface area contributed by atoms with Gasteiger partial charge in [0.25, 0.3) is 0 Å². The lowest BCUT2D eigenvalue weighted by molar-refractivity contribution is 0.928. The third-order valence-electron chi connectivity index (χ3n) is 3.27. The minimum absolute atomic E-state index is 0.636. The second-order valence-electron chi connectivity index (χ2n) is 4.51. The van der Waals surface area contributed by atoms with E-state index in [0.717, 1.165) is 0 Å². The molecule has 1 aromatic carbocycles. The van der Waals surface area contributed by atoms with E-state index in [1.807, 2.05) is 0 Å². The van der Waals surface area contributed by atoms with Crippen molar-refractivity contribution in [1.82, 2.24) is 0 Å². The van der Waals surface area contributed by atoms with Gasteiger partial charge < -0.3 is 0 Å². The lowest BCUT2D eigenvalue weighted by atomic mass is 10.0. The van der Waals surface area contributed by atoms with Crippen LogP contribution in [0.25, 0.3) is 5.57 Å². The van der Waals surface area contributed by atoms with E-state index in [1.54, 1.807) is 11.1 Å². The quantitative estimate of drug-likeness (QED) is 0.630. The average molecular weight is 196 g/mol. The van der Waals surface area contributed by atoms with Crippen LogP contribution in [-0.2, 0) is 0 Å². The number of hydrogen-bond acceptors (Lipinski definition) is 0. The molecule has 0 heterocycles. The van der Waals surface area contributed by atoms with E-state index in [2.05, 4.69) is 43.3 Å².